The second kappa shape index (κ2) is 15.7. The number of fused-ring (bicyclic) bond motifs is 2. The Morgan fingerprint density at radius 2 is 1.69 bits per heavy atom. The summed E-state index contributed by atoms with van der Waals surface area (Å²) in [5, 5.41) is 11.4. The summed E-state index contributed by atoms with van der Waals surface area (Å²) >= 11 is 6.81. The average molecular weight is 827 g/mol. The summed E-state index contributed by atoms with van der Waals surface area (Å²) in [6.45, 7) is 4.12. The molecule has 0 aliphatic heterocycles. The van der Waals surface area contributed by atoms with E-state index >= 15 is 4.39 Å². The molecule has 1 amide bonds. The Morgan fingerprint density at radius 3 is 2.44 bits per heavy atom. The molecule has 0 aliphatic carbocycles. The number of ether oxygens (including phenoxy) is 2. The van der Waals surface area contributed by atoms with Crippen LogP contribution in [0.5, 0.6) is 0 Å². The quantitative estimate of drug-likeness (QED) is 0.113. The number of nitrogens with one attached hydrogen (secondary N) is 2. The maximum Gasteiger partial charge on any atom is 0.407 e. The Bertz CT molecular complexity index is 2950. The van der Waals surface area contributed by atoms with Crippen molar-refractivity contribution < 1.29 is 32.2 Å². The molecule has 3 heterocycles. The molecular weight excluding hydrogens is 793 g/mol. The fourth-order valence-electron chi connectivity index (χ4n) is 6.57. The second-order valence-corrected chi connectivity index (χ2v) is 14.7. The van der Waals surface area contributed by atoms with Crippen LogP contribution < -0.4 is 22.0 Å². The molecule has 0 aliphatic rings. The van der Waals surface area contributed by atoms with Crippen LogP contribution in [0.4, 0.5) is 29.6 Å². The zero-order valence-electron chi connectivity index (χ0n) is 32.1. The molecular formula is C41H34ClF3N8O6. The zero-order chi connectivity index (χ0) is 42.3. The molecule has 59 heavy (non-hydrogen) atoms. The van der Waals surface area contributed by atoms with Crippen LogP contribution in [0, 0.1) is 17.5 Å². The van der Waals surface area contributed by atoms with E-state index in [1.807, 2.05) is 0 Å². The van der Waals surface area contributed by atoms with Crippen LogP contribution in [-0.4, -0.2) is 53.7 Å². The smallest absolute Gasteiger partial charge is 0.407 e. The number of aromatic nitrogens is 6. The molecule has 0 spiro atoms. The number of hydrogen-bond acceptors (Lipinski definition) is 10. The summed E-state index contributed by atoms with van der Waals surface area (Å²) in [6, 6.07) is 14.1. The van der Waals surface area contributed by atoms with Gasteiger partial charge in [-0.05, 0) is 56.2 Å². The highest BCUT2D eigenvalue weighted by Gasteiger charge is 2.24. The van der Waals surface area contributed by atoms with E-state index in [1.54, 1.807) is 76.5 Å². The van der Waals surface area contributed by atoms with E-state index in [0.29, 0.717) is 55.1 Å². The molecule has 0 bridgehead atoms. The van der Waals surface area contributed by atoms with Gasteiger partial charge in [-0.3, -0.25) is 14.2 Å². The van der Waals surface area contributed by atoms with Gasteiger partial charge in [-0.1, -0.05) is 41.9 Å². The van der Waals surface area contributed by atoms with Crippen LogP contribution in [-0.2, 0) is 29.6 Å². The Labute approximate surface area is 337 Å². The van der Waals surface area contributed by atoms with Crippen LogP contribution in [0.3, 0.4) is 0 Å². The van der Waals surface area contributed by atoms with Crippen molar-refractivity contribution in [2.45, 2.75) is 39.5 Å². The number of alkyl carbamates (subject to hydrolysis) is 1. The van der Waals surface area contributed by atoms with Gasteiger partial charge in [0.05, 0.1) is 47.3 Å². The van der Waals surface area contributed by atoms with Crippen LogP contribution in [0.1, 0.15) is 42.3 Å². The number of carbonyl (C=O) groups excluding carboxylic acids is 2. The topological polar surface area (TPSA) is 164 Å². The molecule has 2 N–H and O–H groups in total. The average Bonchev–Trinajstić information content (AvgIpc) is 3.56. The maximum atomic E-state index is 15.3. The first-order valence-electron chi connectivity index (χ1n) is 17.8. The highest BCUT2D eigenvalue weighted by Crippen LogP contribution is 2.36. The lowest BCUT2D eigenvalue weighted by Gasteiger charge is -2.21. The molecule has 0 fully saturated rings. The summed E-state index contributed by atoms with van der Waals surface area (Å²) in [6.07, 6.45) is 3.68. The Balaban J connectivity index is 1.45. The number of nitrogens with zero attached hydrogens (tertiary/aromatic N) is 6. The van der Waals surface area contributed by atoms with Gasteiger partial charge in [0.15, 0.2) is 11.6 Å². The molecule has 3 aromatic heterocycles. The van der Waals surface area contributed by atoms with Gasteiger partial charge in [0, 0.05) is 59.3 Å². The predicted molar refractivity (Wildman–Crippen MR) is 214 cm³/mol. The number of carbonyl (C=O) groups is 2. The number of rotatable bonds is 9. The van der Waals surface area contributed by atoms with Gasteiger partial charge in [-0.2, -0.15) is 10.1 Å². The predicted octanol–water partition coefficient (Wildman–Crippen LogP) is 7.17. The van der Waals surface area contributed by atoms with Crippen molar-refractivity contribution in [3.05, 3.63) is 139 Å². The Hall–Kier alpha value is -7.01. The molecule has 0 saturated heterocycles. The lowest BCUT2D eigenvalue weighted by molar-refractivity contribution is 0.0522. The second-order valence-electron chi connectivity index (χ2n) is 14.3. The van der Waals surface area contributed by atoms with Crippen molar-refractivity contribution in [2.24, 2.45) is 7.05 Å². The number of pyridine rings is 1. The van der Waals surface area contributed by atoms with Gasteiger partial charge < -0.3 is 20.1 Å². The number of esters is 1. The number of anilines is 2. The molecule has 0 saturated carbocycles. The number of halogens is 4. The maximum absolute atomic E-state index is 15.3. The molecule has 7 rings (SSSR count). The van der Waals surface area contributed by atoms with Gasteiger partial charge >= 0.3 is 23.4 Å². The minimum atomic E-state index is -1.45. The monoisotopic (exact) mass is 826 g/mol. The van der Waals surface area contributed by atoms with Gasteiger partial charge in [0.1, 0.15) is 11.4 Å². The van der Waals surface area contributed by atoms with Crippen LogP contribution in [0.2, 0.25) is 5.02 Å². The van der Waals surface area contributed by atoms with Crippen molar-refractivity contribution in [2.75, 3.05) is 12.4 Å². The zero-order valence-corrected chi connectivity index (χ0v) is 32.8. The Morgan fingerprint density at radius 1 is 0.949 bits per heavy atom. The van der Waals surface area contributed by atoms with E-state index in [2.05, 4.69) is 25.7 Å². The molecule has 0 atom stereocenters. The number of benzene rings is 4. The first kappa shape index (κ1) is 40.2. The third kappa shape index (κ3) is 8.09. The minimum Gasteiger partial charge on any atom is -0.465 e. The standard InChI is InChI=1S/C41H34ClF3N8O6/c1-41(2,3)59-39(56)47-17-26-27-20-51(4)50-32(27)14-28(42)35(26)48-37-49-38(55)53(40(57)52(37)19-24-13-30(44)31(45)15-29(24)43)33-18-46-16-23-10-7-11-25(34(23)33)21-8-6-9-22(12-21)36(54)58-5/h6-16,18,20H,17,19H2,1-5H3,(H,47,56)(H,48,49,55). The molecule has 7 aromatic rings. The summed E-state index contributed by atoms with van der Waals surface area (Å²) in [5.41, 5.74) is -1.40. The van der Waals surface area contributed by atoms with Gasteiger partial charge in [0.25, 0.3) is 0 Å². The van der Waals surface area contributed by atoms with Crippen molar-refractivity contribution in [3.63, 3.8) is 0 Å². The van der Waals surface area contributed by atoms with Gasteiger partial charge in [0.2, 0.25) is 5.95 Å². The van der Waals surface area contributed by atoms with Crippen LogP contribution >= 0.6 is 11.6 Å². The summed E-state index contributed by atoms with van der Waals surface area (Å²) in [7, 11) is 2.92. The van der Waals surface area contributed by atoms with Crippen molar-refractivity contribution >= 4 is 57.0 Å². The number of methoxy groups -OCH3 is 1. The first-order valence-corrected chi connectivity index (χ1v) is 18.2. The normalized spacial score (nSPS) is 11.5. The van der Waals surface area contributed by atoms with Crippen molar-refractivity contribution in [1.82, 2.24) is 34.2 Å². The van der Waals surface area contributed by atoms with E-state index in [1.165, 1.54) is 30.3 Å². The number of amides is 1. The highest BCUT2D eigenvalue weighted by atomic mass is 35.5. The van der Waals surface area contributed by atoms with Crippen molar-refractivity contribution in [3.8, 4) is 16.8 Å². The van der Waals surface area contributed by atoms with E-state index in [0.717, 1.165) is 4.57 Å². The SMILES string of the molecule is COC(=O)c1cccc(-c2cccc3cncc(-n4c(=O)nc(Nc5c(Cl)cc6nn(C)cc6c5CNC(=O)OC(C)(C)C)n(Cc5cc(F)c(F)cc5F)c4=O)c23)c1. The largest absolute Gasteiger partial charge is 0.465 e. The van der Waals surface area contributed by atoms with Crippen LogP contribution in [0.25, 0.3) is 38.5 Å². The lowest BCUT2D eigenvalue weighted by Crippen LogP contribution is -2.42. The van der Waals surface area contributed by atoms with E-state index in [-0.39, 0.29) is 28.5 Å². The van der Waals surface area contributed by atoms with Crippen LogP contribution in [0.15, 0.2) is 88.8 Å². The third-order valence-electron chi connectivity index (χ3n) is 9.12. The highest BCUT2D eigenvalue weighted by molar-refractivity contribution is 6.34. The Kier molecular flexibility index (Phi) is 10.7. The molecule has 18 heteroatoms. The molecule has 302 valence electrons. The third-order valence-corrected chi connectivity index (χ3v) is 9.42. The lowest BCUT2D eigenvalue weighted by atomic mass is 9.97. The molecule has 0 unspecified atom stereocenters. The van der Waals surface area contributed by atoms with E-state index < -0.39 is 64.6 Å². The first-order chi connectivity index (χ1) is 28.0. The summed E-state index contributed by atoms with van der Waals surface area (Å²) in [5.74, 6) is -5.08. The van der Waals surface area contributed by atoms with Crippen molar-refractivity contribution in [1.29, 1.82) is 0 Å². The molecule has 4 aromatic carbocycles. The van der Waals surface area contributed by atoms with E-state index in [4.69, 9.17) is 21.1 Å². The van der Waals surface area contributed by atoms with E-state index in [9.17, 15) is 28.0 Å². The molecule has 0 radical (unpaired) electrons. The summed E-state index contributed by atoms with van der Waals surface area (Å²) in [4.78, 5) is 62.8. The van der Waals surface area contributed by atoms with Gasteiger partial charge in [-0.25, -0.2) is 36.9 Å². The van der Waals surface area contributed by atoms with Gasteiger partial charge in [-0.15, -0.1) is 0 Å². The number of aryl methyl sites for hydroxylation is 1. The fraction of sp³-hybridized carbons (Fsp3) is 0.195. The minimum absolute atomic E-state index is 0.0262. The molecule has 14 nitrogen and oxygen atoms in total. The fourth-order valence-corrected chi connectivity index (χ4v) is 6.84. The summed E-state index contributed by atoms with van der Waals surface area (Å²) < 4.78 is 57.4. The number of hydrogen-bond donors (Lipinski definition) is 2.